The monoisotopic (exact) mass is 530 g/mol. The Morgan fingerprint density at radius 1 is 1.08 bits per heavy atom. The molecule has 37 heavy (non-hydrogen) atoms. The molecule has 1 spiro atoms. The Kier molecular flexibility index (Phi) is 5.49. The third-order valence-electron chi connectivity index (χ3n) is 8.34. The number of rotatable bonds is 4. The third kappa shape index (κ3) is 3.92. The molecule has 7 nitrogen and oxygen atoms in total. The van der Waals surface area contributed by atoms with Crippen molar-refractivity contribution in [1.29, 1.82) is 0 Å². The fraction of sp³-hybridized carbons (Fsp3) is 0.500. The van der Waals surface area contributed by atoms with Gasteiger partial charge in [0.25, 0.3) is 6.43 Å². The van der Waals surface area contributed by atoms with Crippen molar-refractivity contribution in [1.82, 2.24) is 24.6 Å². The molecule has 0 unspecified atom stereocenters. The van der Waals surface area contributed by atoms with E-state index < -0.39 is 17.9 Å². The summed E-state index contributed by atoms with van der Waals surface area (Å²) in [7, 11) is 0. The SMILES string of the molecule is Fc1ccc(N2CC3(CC(c4nnc5n4-c4ccc(Cl)cc4CN([C@@H]4CCOC4)C5)C3)C2)nc1C(F)F. The summed E-state index contributed by atoms with van der Waals surface area (Å²) in [5.74, 6) is 1.59. The minimum absolute atomic E-state index is 0.0961. The summed E-state index contributed by atoms with van der Waals surface area (Å²) in [4.78, 5) is 8.24. The van der Waals surface area contributed by atoms with E-state index in [0.29, 0.717) is 36.5 Å². The number of fused-ring (bicyclic) bond motifs is 3. The summed E-state index contributed by atoms with van der Waals surface area (Å²) < 4.78 is 47.7. The summed E-state index contributed by atoms with van der Waals surface area (Å²) in [6.45, 7) is 4.41. The number of anilines is 1. The number of hydrogen-bond donors (Lipinski definition) is 0. The van der Waals surface area contributed by atoms with Gasteiger partial charge in [-0.15, -0.1) is 10.2 Å². The molecule has 0 radical (unpaired) electrons. The summed E-state index contributed by atoms with van der Waals surface area (Å²) in [6.07, 6.45) is -0.0528. The smallest absolute Gasteiger partial charge is 0.283 e. The van der Waals surface area contributed by atoms with E-state index in [4.69, 9.17) is 16.3 Å². The molecule has 3 aliphatic heterocycles. The number of nitrogens with zero attached hydrogens (tertiary/aromatic N) is 6. The van der Waals surface area contributed by atoms with E-state index in [1.807, 2.05) is 17.0 Å². The molecule has 1 aromatic carbocycles. The molecule has 2 aromatic heterocycles. The van der Waals surface area contributed by atoms with Crippen LogP contribution in [0.3, 0.4) is 0 Å². The highest BCUT2D eigenvalue weighted by molar-refractivity contribution is 6.30. The summed E-state index contributed by atoms with van der Waals surface area (Å²) in [5.41, 5.74) is 1.54. The summed E-state index contributed by atoms with van der Waals surface area (Å²) in [5, 5.41) is 9.99. The van der Waals surface area contributed by atoms with Crippen molar-refractivity contribution < 1.29 is 17.9 Å². The van der Waals surface area contributed by atoms with Crippen LogP contribution in [0.1, 0.15) is 54.5 Å². The lowest BCUT2D eigenvalue weighted by atomic mass is 9.57. The van der Waals surface area contributed by atoms with Crippen molar-refractivity contribution in [3.05, 3.63) is 64.1 Å². The van der Waals surface area contributed by atoms with Gasteiger partial charge in [-0.1, -0.05) is 11.6 Å². The molecular formula is C26H26ClF3N6O. The van der Waals surface area contributed by atoms with Gasteiger partial charge in [-0.25, -0.2) is 18.2 Å². The van der Waals surface area contributed by atoms with Gasteiger partial charge in [0.05, 0.1) is 18.8 Å². The van der Waals surface area contributed by atoms with Crippen molar-refractivity contribution in [2.75, 3.05) is 31.2 Å². The number of alkyl halides is 2. The van der Waals surface area contributed by atoms with Crippen LogP contribution >= 0.6 is 11.6 Å². The lowest BCUT2D eigenvalue weighted by Crippen LogP contribution is -2.62. The predicted molar refractivity (Wildman–Crippen MR) is 131 cm³/mol. The number of aromatic nitrogens is 4. The van der Waals surface area contributed by atoms with Crippen LogP contribution in [0.2, 0.25) is 5.02 Å². The zero-order valence-corrected chi connectivity index (χ0v) is 20.8. The number of ether oxygens (including phenoxy) is 1. The topological polar surface area (TPSA) is 59.3 Å². The largest absolute Gasteiger partial charge is 0.380 e. The first-order valence-corrected chi connectivity index (χ1v) is 13.0. The van der Waals surface area contributed by atoms with Gasteiger partial charge in [0, 0.05) is 48.6 Å². The molecule has 7 rings (SSSR count). The Bertz CT molecular complexity index is 1350. The van der Waals surface area contributed by atoms with E-state index in [-0.39, 0.29) is 11.3 Å². The van der Waals surface area contributed by atoms with Crippen LogP contribution in [0.15, 0.2) is 30.3 Å². The normalized spacial score (nSPS) is 23.1. The molecule has 1 atom stereocenters. The van der Waals surface area contributed by atoms with Gasteiger partial charge in [0.2, 0.25) is 0 Å². The highest BCUT2D eigenvalue weighted by Gasteiger charge is 2.54. The number of halogens is 4. The summed E-state index contributed by atoms with van der Waals surface area (Å²) >= 11 is 6.39. The minimum Gasteiger partial charge on any atom is -0.380 e. The average Bonchev–Trinajstić information content (AvgIpc) is 3.46. The second-order valence-corrected chi connectivity index (χ2v) is 11.2. The maximum atomic E-state index is 13.7. The van der Waals surface area contributed by atoms with Crippen molar-refractivity contribution in [2.24, 2.45) is 5.41 Å². The van der Waals surface area contributed by atoms with Crippen LogP contribution in [0.25, 0.3) is 5.69 Å². The molecule has 3 aromatic rings. The van der Waals surface area contributed by atoms with Crippen LogP contribution in [0, 0.1) is 11.2 Å². The van der Waals surface area contributed by atoms with E-state index in [1.54, 1.807) is 0 Å². The predicted octanol–water partition coefficient (Wildman–Crippen LogP) is 4.88. The van der Waals surface area contributed by atoms with Gasteiger partial charge in [-0.3, -0.25) is 9.47 Å². The van der Waals surface area contributed by atoms with E-state index in [1.165, 1.54) is 6.07 Å². The van der Waals surface area contributed by atoms with Crippen LogP contribution in [-0.4, -0.2) is 57.0 Å². The van der Waals surface area contributed by atoms with Gasteiger partial charge < -0.3 is 9.64 Å². The van der Waals surface area contributed by atoms with E-state index in [0.717, 1.165) is 68.0 Å². The van der Waals surface area contributed by atoms with Crippen LogP contribution in [0.4, 0.5) is 19.0 Å². The van der Waals surface area contributed by atoms with Crippen LogP contribution < -0.4 is 4.90 Å². The fourth-order valence-electron chi connectivity index (χ4n) is 6.51. The van der Waals surface area contributed by atoms with Gasteiger partial charge >= 0.3 is 0 Å². The van der Waals surface area contributed by atoms with E-state index in [2.05, 4.69) is 30.7 Å². The Morgan fingerprint density at radius 3 is 2.68 bits per heavy atom. The maximum Gasteiger partial charge on any atom is 0.283 e. The lowest BCUT2D eigenvalue weighted by Gasteiger charge is -2.59. The second-order valence-electron chi connectivity index (χ2n) is 10.8. The van der Waals surface area contributed by atoms with Crippen molar-refractivity contribution in [3.63, 3.8) is 0 Å². The molecule has 1 aliphatic carbocycles. The molecule has 11 heteroatoms. The highest BCUT2D eigenvalue weighted by atomic mass is 35.5. The first-order chi connectivity index (χ1) is 17.9. The molecule has 0 N–H and O–H groups in total. The van der Waals surface area contributed by atoms with Crippen LogP contribution in [-0.2, 0) is 17.8 Å². The minimum atomic E-state index is -2.93. The van der Waals surface area contributed by atoms with Crippen LogP contribution in [0.5, 0.6) is 0 Å². The maximum absolute atomic E-state index is 13.7. The Hall–Kier alpha value is -2.69. The number of pyridine rings is 1. The zero-order chi connectivity index (χ0) is 25.3. The second kappa shape index (κ2) is 8.68. The summed E-state index contributed by atoms with van der Waals surface area (Å²) in [6, 6.07) is 8.91. The zero-order valence-electron chi connectivity index (χ0n) is 20.1. The molecule has 1 saturated carbocycles. The average molecular weight is 531 g/mol. The van der Waals surface area contributed by atoms with E-state index in [9.17, 15) is 13.2 Å². The number of hydrogen-bond acceptors (Lipinski definition) is 6. The quantitative estimate of drug-likeness (QED) is 0.479. The van der Waals surface area contributed by atoms with Gasteiger partial charge in [-0.05, 0) is 55.2 Å². The third-order valence-corrected chi connectivity index (χ3v) is 8.58. The lowest BCUT2D eigenvalue weighted by molar-refractivity contribution is 0.0579. The first-order valence-electron chi connectivity index (χ1n) is 12.6. The standard InChI is InChI=1S/C26H26ClF3N6O/c27-17-1-3-20-15(7-17)10-34(18-5-6-37-12-18)11-22-32-33-25(36(20)22)16-8-26(9-16)13-35(14-26)21-4-2-19(28)23(31-21)24(29)30/h1-4,7,16,18,24H,5-6,8-14H2/t18-/m1/s1. The van der Waals surface area contributed by atoms with Crippen molar-refractivity contribution in [3.8, 4) is 5.69 Å². The Labute approximate surface area is 217 Å². The van der Waals surface area contributed by atoms with Gasteiger partial charge in [-0.2, -0.15) is 0 Å². The molecule has 2 saturated heterocycles. The molecule has 0 bridgehead atoms. The molecule has 194 valence electrons. The molecule has 0 amide bonds. The van der Waals surface area contributed by atoms with Gasteiger partial charge in [0.15, 0.2) is 11.6 Å². The Morgan fingerprint density at radius 2 is 1.92 bits per heavy atom. The Balaban J connectivity index is 1.11. The molecule has 4 aliphatic rings. The highest BCUT2D eigenvalue weighted by Crippen LogP contribution is 2.56. The molecular weight excluding hydrogens is 505 g/mol. The first kappa shape index (κ1) is 23.4. The molecule has 3 fully saturated rings. The molecule has 5 heterocycles. The van der Waals surface area contributed by atoms with Crippen molar-refractivity contribution in [2.45, 2.75) is 50.7 Å². The van der Waals surface area contributed by atoms with Gasteiger partial charge in [0.1, 0.15) is 17.3 Å². The number of benzene rings is 1. The fourth-order valence-corrected chi connectivity index (χ4v) is 6.71. The van der Waals surface area contributed by atoms with E-state index >= 15 is 0 Å². The van der Waals surface area contributed by atoms with Crippen molar-refractivity contribution >= 4 is 17.4 Å².